The number of carbonyl (C=O) groups excluding carboxylic acids is 2. The summed E-state index contributed by atoms with van der Waals surface area (Å²) >= 11 is 6.32. The van der Waals surface area contributed by atoms with Crippen molar-refractivity contribution in [3.63, 3.8) is 0 Å². The molecule has 0 bridgehead atoms. The molecule has 7 nitrogen and oxygen atoms in total. The lowest BCUT2D eigenvalue weighted by molar-refractivity contribution is -0.132. The summed E-state index contributed by atoms with van der Waals surface area (Å²) in [5.41, 5.74) is 2.24. The molecule has 1 unspecified atom stereocenters. The molecule has 1 aromatic heterocycles. The van der Waals surface area contributed by atoms with Gasteiger partial charge in [0, 0.05) is 24.1 Å². The minimum absolute atomic E-state index is 0.0781. The highest BCUT2D eigenvalue weighted by Gasteiger charge is 2.47. The number of halogens is 1. The molecule has 0 aliphatic carbocycles. The Bertz CT molecular complexity index is 1340. The van der Waals surface area contributed by atoms with Crippen LogP contribution in [0, 0.1) is 0 Å². The Morgan fingerprint density at radius 3 is 2.14 bits per heavy atom. The van der Waals surface area contributed by atoms with Gasteiger partial charge in [-0.2, -0.15) is 0 Å². The molecule has 0 radical (unpaired) electrons. The first kappa shape index (κ1) is 25.3. The predicted molar refractivity (Wildman–Crippen MR) is 139 cm³/mol. The van der Waals surface area contributed by atoms with Crippen molar-refractivity contribution in [1.82, 2.24) is 4.98 Å². The minimum Gasteiger partial charge on any atom is -0.507 e. The summed E-state index contributed by atoms with van der Waals surface area (Å²) in [6.07, 6.45) is 3.14. The number of carbonyl (C=O) groups is 2. The second kappa shape index (κ2) is 9.66. The van der Waals surface area contributed by atoms with E-state index in [1.165, 1.54) is 31.3 Å². The number of Topliss-reactive ketones (excluding diaryl/α,β-unsaturated/α-hetero) is 1. The van der Waals surface area contributed by atoms with Gasteiger partial charge in [-0.3, -0.25) is 19.5 Å². The van der Waals surface area contributed by atoms with Gasteiger partial charge in [0.15, 0.2) is 0 Å². The molecular formula is C28H27ClN2O5. The number of ether oxygens (including phenoxy) is 2. The smallest absolute Gasteiger partial charge is 0.300 e. The van der Waals surface area contributed by atoms with Crippen LogP contribution in [0.4, 0.5) is 5.69 Å². The van der Waals surface area contributed by atoms with Crippen molar-refractivity contribution < 1.29 is 24.2 Å². The highest BCUT2D eigenvalue weighted by Crippen LogP contribution is 2.44. The van der Waals surface area contributed by atoms with Gasteiger partial charge in [-0.15, -0.1) is 0 Å². The molecule has 1 aliphatic heterocycles. The summed E-state index contributed by atoms with van der Waals surface area (Å²) in [6, 6.07) is 13.0. The van der Waals surface area contributed by atoms with E-state index in [9.17, 15) is 14.7 Å². The van der Waals surface area contributed by atoms with Crippen LogP contribution in [0.5, 0.6) is 11.5 Å². The topological polar surface area (TPSA) is 89.0 Å². The molecule has 1 N–H and O–H groups in total. The van der Waals surface area contributed by atoms with Gasteiger partial charge in [-0.25, -0.2) is 0 Å². The van der Waals surface area contributed by atoms with E-state index in [0.717, 1.165) is 5.56 Å². The van der Waals surface area contributed by atoms with Gasteiger partial charge in [0.2, 0.25) is 0 Å². The molecule has 1 saturated heterocycles. The number of pyridine rings is 1. The van der Waals surface area contributed by atoms with Gasteiger partial charge in [0.1, 0.15) is 17.3 Å². The molecule has 1 aliphatic rings. The van der Waals surface area contributed by atoms with E-state index in [1.54, 1.807) is 24.5 Å². The summed E-state index contributed by atoms with van der Waals surface area (Å²) in [5, 5.41) is 11.7. The fourth-order valence-corrected chi connectivity index (χ4v) is 4.51. The molecule has 0 saturated carbocycles. The zero-order chi connectivity index (χ0) is 26.2. The molecule has 186 valence electrons. The van der Waals surface area contributed by atoms with Crippen LogP contribution in [0.2, 0.25) is 5.02 Å². The Hall–Kier alpha value is -3.84. The van der Waals surface area contributed by atoms with Crippen molar-refractivity contribution in [2.24, 2.45) is 0 Å². The largest absolute Gasteiger partial charge is 0.507 e. The zero-order valence-electron chi connectivity index (χ0n) is 20.7. The third kappa shape index (κ3) is 4.42. The monoisotopic (exact) mass is 506 g/mol. The number of aliphatic hydroxyl groups is 1. The number of benzene rings is 2. The molecular weight excluding hydrogens is 480 g/mol. The number of methoxy groups -OCH3 is 2. The number of hydrogen-bond donors (Lipinski definition) is 1. The third-order valence-corrected chi connectivity index (χ3v) is 6.50. The van der Waals surface area contributed by atoms with Crippen LogP contribution in [-0.4, -0.2) is 36.0 Å². The van der Waals surface area contributed by atoms with Crippen LogP contribution in [-0.2, 0) is 15.0 Å². The van der Waals surface area contributed by atoms with E-state index < -0.39 is 23.5 Å². The zero-order valence-corrected chi connectivity index (χ0v) is 21.5. The van der Waals surface area contributed by atoms with Crippen LogP contribution in [0.15, 0.2) is 66.5 Å². The van der Waals surface area contributed by atoms with E-state index >= 15 is 0 Å². The van der Waals surface area contributed by atoms with Crippen molar-refractivity contribution in [3.8, 4) is 11.5 Å². The van der Waals surface area contributed by atoms with Gasteiger partial charge < -0.3 is 14.6 Å². The first-order valence-electron chi connectivity index (χ1n) is 11.3. The lowest BCUT2D eigenvalue weighted by atomic mass is 9.87. The highest BCUT2D eigenvalue weighted by molar-refractivity contribution is 6.51. The van der Waals surface area contributed by atoms with Gasteiger partial charge >= 0.3 is 0 Å². The van der Waals surface area contributed by atoms with E-state index in [2.05, 4.69) is 25.8 Å². The molecule has 4 rings (SSSR count). The second-order valence-corrected chi connectivity index (χ2v) is 9.84. The maximum absolute atomic E-state index is 13.4. The predicted octanol–water partition coefficient (Wildman–Crippen LogP) is 5.68. The summed E-state index contributed by atoms with van der Waals surface area (Å²) in [6.45, 7) is 6.29. The number of rotatable bonds is 5. The van der Waals surface area contributed by atoms with Crippen LogP contribution >= 0.6 is 11.6 Å². The third-order valence-electron chi connectivity index (χ3n) is 6.21. The molecule has 2 aromatic carbocycles. The summed E-state index contributed by atoms with van der Waals surface area (Å²) < 4.78 is 10.7. The SMILES string of the molecule is COc1cc(OC)c(/C(O)=C2\C(=O)C(=O)N(c3ccc(C(C)(C)C)cc3)C2c2ccncc2)cc1Cl. The standard InChI is InChI=1S/C28H27ClN2O5/c1-28(2,3)17-6-8-18(9-7-17)31-24(16-10-12-30-13-11-16)23(26(33)27(31)34)25(32)19-14-20(29)22(36-5)15-21(19)35-4/h6-15,24,32H,1-5H3/b25-23+. The summed E-state index contributed by atoms with van der Waals surface area (Å²) in [7, 11) is 2.88. The number of anilines is 1. The maximum Gasteiger partial charge on any atom is 0.300 e. The molecule has 3 aromatic rings. The number of nitrogens with zero attached hydrogens (tertiary/aromatic N) is 2. The fourth-order valence-electron chi connectivity index (χ4n) is 4.27. The molecule has 8 heteroatoms. The number of ketones is 1. The molecule has 2 heterocycles. The first-order valence-corrected chi connectivity index (χ1v) is 11.7. The summed E-state index contributed by atoms with van der Waals surface area (Å²) in [5.74, 6) is -1.38. The lowest BCUT2D eigenvalue weighted by Gasteiger charge is -2.26. The lowest BCUT2D eigenvalue weighted by Crippen LogP contribution is -2.29. The normalized spacial score (nSPS) is 17.4. The minimum atomic E-state index is -0.890. The van der Waals surface area contributed by atoms with E-state index in [-0.39, 0.29) is 27.3 Å². The molecule has 1 fully saturated rings. The molecule has 36 heavy (non-hydrogen) atoms. The van der Waals surface area contributed by atoms with Crippen molar-refractivity contribution >= 4 is 34.7 Å². The van der Waals surface area contributed by atoms with Crippen molar-refractivity contribution in [2.45, 2.75) is 32.2 Å². The Labute approximate surface area is 214 Å². The maximum atomic E-state index is 13.4. The van der Waals surface area contributed by atoms with Crippen LogP contribution in [0.1, 0.15) is 43.5 Å². The molecule has 1 amide bonds. The molecule has 0 spiro atoms. The number of amides is 1. The van der Waals surface area contributed by atoms with Crippen LogP contribution in [0.25, 0.3) is 5.76 Å². The Morgan fingerprint density at radius 1 is 0.972 bits per heavy atom. The van der Waals surface area contributed by atoms with Crippen molar-refractivity contribution in [3.05, 3.63) is 88.2 Å². The van der Waals surface area contributed by atoms with E-state index in [1.807, 2.05) is 24.3 Å². The Morgan fingerprint density at radius 2 is 1.58 bits per heavy atom. The average molecular weight is 507 g/mol. The van der Waals surface area contributed by atoms with Gasteiger partial charge in [0.05, 0.1) is 36.4 Å². The van der Waals surface area contributed by atoms with Crippen LogP contribution < -0.4 is 14.4 Å². The fraction of sp³-hybridized carbons (Fsp3) is 0.250. The average Bonchev–Trinajstić information content (AvgIpc) is 3.13. The van der Waals surface area contributed by atoms with E-state index in [0.29, 0.717) is 17.0 Å². The van der Waals surface area contributed by atoms with Crippen molar-refractivity contribution in [1.29, 1.82) is 0 Å². The van der Waals surface area contributed by atoms with Gasteiger partial charge in [-0.1, -0.05) is 44.5 Å². The molecule has 1 atom stereocenters. The first-order chi connectivity index (χ1) is 17.1. The number of aliphatic hydroxyl groups excluding tert-OH is 1. The van der Waals surface area contributed by atoms with Crippen molar-refractivity contribution in [2.75, 3.05) is 19.1 Å². The van der Waals surface area contributed by atoms with Gasteiger partial charge in [0.25, 0.3) is 11.7 Å². The number of aromatic nitrogens is 1. The van der Waals surface area contributed by atoms with E-state index in [4.69, 9.17) is 21.1 Å². The van der Waals surface area contributed by atoms with Gasteiger partial charge in [-0.05, 0) is 46.9 Å². The van der Waals surface area contributed by atoms with Crippen LogP contribution in [0.3, 0.4) is 0 Å². The summed E-state index contributed by atoms with van der Waals surface area (Å²) in [4.78, 5) is 32.2. The Balaban J connectivity index is 1.94. The highest BCUT2D eigenvalue weighted by atomic mass is 35.5. The number of hydrogen-bond acceptors (Lipinski definition) is 6. The quantitative estimate of drug-likeness (QED) is 0.272. The Kier molecular flexibility index (Phi) is 6.78. The second-order valence-electron chi connectivity index (χ2n) is 9.43.